The van der Waals surface area contributed by atoms with Crippen LogP contribution < -0.4 is 5.32 Å². The molecule has 0 fully saturated rings. The Labute approximate surface area is 128 Å². The van der Waals surface area contributed by atoms with Gasteiger partial charge in [0, 0.05) is 22.9 Å². The van der Waals surface area contributed by atoms with Crippen molar-refractivity contribution in [1.29, 1.82) is 0 Å². The highest BCUT2D eigenvalue weighted by atomic mass is 35.5. The van der Waals surface area contributed by atoms with Gasteiger partial charge in [-0.2, -0.15) is 4.98 Å². The first-order chi connectivity index (χ1) is 9.54. The molecule has 0 saturated heterocycles. The predicted octanol–water partition coefficient (Wildman–Crippen LogP) is 3.72. The first-order valence-corrected chi connectivity index (χ1v) is 7.25. The number of carbonyl (C=O) groups excluding carboxylic acids is 1. The summed E-state index contributed by atoms with van der Waals surface area (Å²) in [5.74, 6) is 0.0503. The van der Waals surface area contributed by atoms with E-state index in [1.54, 1.807) is 22.7 Å². The second-order valence-electron chi connectivity index (χ2n) is 4.06. The molecule has 2 heterocycles. The van der Waals surface area contributed by atoms with Gasteiger partial charge in [0.15, 0.2) is 0 Å². The highest BCUT2D eigenvalue weighted by molar-refractivity contribution is 7.15. The maximum absolute atomic E-state index is 11.0. The summed E-state index contributed by atoms with van der Waals surface area (Å²) in [6, 6.07) is 5.22. The van der Waals surface area contributed by atoms with E-state index in [-0.39, 0.29) is 11.9 Å². The van der Waals surface area contributed by atoms with Crippen molar-refractivity contribution >= 4 is 51.4 Å². The second kappa shape index (κ2) is 5.05. The Morgan fingerprint density at radius 3 is 2.95 bits per heavy atom. The van der Waals surface area contributed by atoms with E-state index in [0.717, 1.165) is 11.3 Å². The summed E-state index contributed by atoms with van der Waals surface area (Å²) >= 11 is 13.6. The molecule has 0 aliphatic heterocycles. The third-order valence-corrected chi connectivity index (χ3v) is 3.95. The number of benzene rings is 1. The highest BCUT2D eigenvalue weighted by Gasteiger charge is 2.14. The quantitative estimate of drug-likeness (QED) is 0.780. The number of nitrogens with zero attached hydrogens (tertiary/aromatic N) is 3. The number of aromatic nitrogens is 3. The largest absolute Gasteiger partial charge is 0.293 e. The number of rotatable bonds is 2. The van der Waals surface area contributed by atoms with Gasteiger partial charge in [-0.15, -0.1) is 16.4 Å². The molecule has 1 N–H and O–H groups in total. The molecular formula is C12H8Cl2N4OS. The lowest BCUT2D eigenvalue weighted by atomic mass is 10.2. The normalized spacial score (nSPS) is 10.9. The van der Waals surface area contributed by atoms with Crippen LogP contribution in [-0.2, 0) is 4.79 Å². The zero-order valence-electron chi connectivity index (χ0n) is 10.2. The number of fused-ring (bicyclic) bond motifs is 1. The lowest BCUT2D eigenvalue weighted by Gasteiger charge is -2.02. The van der Waals surface area contributed by atoms with Gasteiger partial charge in [0.2, 0.25) is 16.8 Å². The van der Waals surface area contributed by atoms with Crippen LogP contribution in [0.3, 0.4) is 0 Å². The van der Waals surface area contributed by atoms with Crippen LogP contribution in [0.25, 0.3) is 16.2 Å². The summed E-state index contributed by atoms with van der Waals surface area (Å²) in [4.78, 5) is 15.9. The number of hydrogen-bond donors (Lipinski definition) is 1. The number of halogens is 2. The summed E-state index contributed by atoms with van der Waals surface area (Å²) in [5.41, 5.74) is 1.55. The molecule has 0 bridgehead atoms. The molecule has 0 unspecified atom stereocenters. The van der Waals surface area contributed by atoms with Crippen LogP contribution in [-0.4, -0.2) is 20.5 Å². The molecule has 1 aromatic carbocycles. The summed E-state index contributed by atoms with van der Waals surface area (Å²) in [6.07, 6.45) is 0. The lowest BCUT2D eigenvalue weighted by Crippen LogP contribution is -2.07. The maximum atomic E-state index is 11.0. The van der Waals surface area contributed by atoms with Crippen molar-refractivity contribution in [3.8, 4) is 11.3 Å². The van der Waals surface area contributed by atoms with Crippen molar-refractivity contribution < 1.29 is 4.79 Å². The Morgan fingerprint density at radius 1 is 1.40 bits per heavy atom. The van der Waals surface area contributed by atoms with E-state index < -0.39 is 0 Å². The number of hydrogen-bond acceptors (Lipinski definition) is 4. The van der Waals surface area contributed by atoms with Gasteiger partial charge in [-0.1, -0.05) is 23.2 Å². The number of carbonyl (C=O) groups is 1. The van der Waals surface area contributed by atoms with Crippen molar-refractivity contribution in [2.24, 2.45) is 0 Å². The Kier molecular flexibility index (Phi) is 3.37. The van der Waals surface area contributed by atoms with Gasteiger partial charge in [0.25, 0.3) is 0 Å². The Morgan fingerprint density at radius 2 is 2.20 bits per heavy atom. The van der Waals surface area contributed by atoms with Crippen LogP contribution in [0.15, 0.2) is 23.6 Å². The van der Waals surface area contributed by atoms with E-state index in [9.17, 15) is 4.79 Å². The average molecular weight is 327 g/mol. The first-order valence-electron chi connectivity index (χ1n) is 5.62. The van der Waals surface area contributed by atoms with Crippen LogP contribution in [0.4, 0.5) is 5.95 Å². The van der Waals surface area contributed by atoms with Crippen LogP contribution in [0.1, 0.15) is 6.92 Å². The minimum absolute atomic E-state index is 0.217. The van der Waals surface area contributed by atoms with Gasteiger partial charge in [0.1, 0.15) is 0 Å². The third kappa shape index (κ3) is 2.37. The molecule has 0 atom stereocenters. The maximum Gasteiger partial charge on any atom is 0.250 e. The van der Waals surface area contributed by atoms with Gasteiger partial charge < -0.3 is 0 Å². The van der Waals surface area contributed by atoms with Gasteiger partial charge in [-0.25, -0.2) is 4.52 Å². The standard InChI is InChI=1S/C12H8Cl2N4OS/c1-6(19)15-11-16-12-18(17-11)10(5-20-12)8-4-7(13)2-3-9(8)14/h2-5H,1H3,(H,15,17,19). The predicted molar refractivity (Wildman–Crippen MR) is 80.6 cm³/mol. The second-order valence-corrected chi connectivity index (χ2v) is 5.74. The zero-order chi connectivity index (χ0) is 14.3. The topological polar surface area (TPSA) is 59.3 Å². The lowest BCUT2D eigenvalue weighted by molar-refractivity contribution is -0.114. The monoisotopic (exact) mass is 326 g/mol. The van der Waals surface area contributed by atoms with Gasteiger partial charge >= 0.3 is 0 Å². The average Bonchev–Trinajstić information content (AvgIpc) is 2.91. The van der Waals surface area contributed by atoms with Crippen LogP contribution in [0, 0.1) is 0 Å². The van der Waals surface area contributed by atoms with Gasteiger partial charge in [-0.3, -0.25) is 10.1 Å². The van der Waals surface area contributed by atoms with E-state index in [2.05, 4.69) is 15.4 Å². The molecule has 3 aromatic rings. The molecule has 1 amide bonds. The van der Waals surface area contributed by atoms with Crippen LogP contribution in [0.5, 0.6) is 0 Å². The van der Waals surface area contributed by atoms with E-state index in [4.69, 9.17) is 23.2 Å². The Balaban J connectivity index is 2.14. The highest BCUT2D eigenvalue weighted by Crippen LogP contribution is 2.33. The SMILES string of the molecule is CC(=O)Nc1nc2scc(-c3cc(Cl)ccc3Cl)n2n1. The molecular weight excluding hydrogens is 319 g/mol. The number of amides is 1. The molecule has 0 radical (unpaired) electrons. The van der Waals surface area contributed by atoms with Crippen molar-refractivity contribution in [2.75, 3.05) is 5.32 Å². The van der Waals surface area contributed by atoms with Crippen molar-refractivity contribution in [3.63, 3.8) is 0 Å². The molecule has 102 valence electrons. The minimum Gasteiger partial charge on any atom is -0.293 e. The van der Waals surface area contributed by atoms with Crippen LogP contribution in [0.2, 0.25) is 10.0 Å². The summed E-state index contributed by atoms with van der Waals surface area (Å²) in [5, 5.41) is 9.85. The smallest absolute Gasteiger partial charge is 0.250 e. The summed E-state index contributed by atoms with van der Waals surface area (Å²) in [7, 11) is 0. The minimum atomic E-state index is -0.217. The van der Waals surface area contributed by atoms with E-state index in [1.165, 1.54) is 18.3 Å². The van der Waals surface area contributed by atoms with Crippen molar-refractivity contribution in [2.45, 2.75) is 6.92 Å². The fraction of sp³-hybridized carbons (Fsp3) is 0.0833. The molecule has 2 aromatic heterocycles. The van der Waals surface area contributed by atoms with Crippen LogP contribution >= 0.6 is 34.5 Å². The molecule has 3 rings (SSSR count). The molecule has 20 heavy (non-hydrogen) atoms. The Bertz CT molecular complexity index is 811. The van der Waals surface area contributed by atoms with E-state index in [1.807, 2.05) is 5.38 Å². The van der Waals surface area contributed by atoms with Gasteiger partial charge in [0.05, 0.1) is 10.7 Å². The number of anilines is 1. The zero-order valence-corrected chi connectivity index (χ0v) is 12.6. The molecule has 0 aliphatic carbocycles. The third-order valence-electron chi connectivity index (χ3n) is 2.57. The molecule has 0 saturated carbocycles. The molecule has 0 spiro atoms. The van der Waals surface area contributed by atoms with Crippen molar-refractivity contribution in [1.82, 2.24) is 14.6 Å². The summed E-state index contributed by atoms with van der Waals surface area (Å²) in [6.45, 7) is 1.41. The summed E-state index contributed by atoms with van der Waals surface area (Å²) < 4.78 is 1.63. The number of thiazole rings is 1. The first kappa shape index (κ1) is 13.4. The molecule has 5 nitrogen and oxygen atoms in total. The fourth-order valence-corrected chi connectivity index (χ4v) is 2.98. The van der Waals surface area contributed by atoms with Gasteiger partial charge in [-0.05, 0) is 18.2 Å². The molecule has 8 heteroatoms. The van der Waals surface area contributed by atoms with E-state index >= 15 is 0 Å². The van der Waals surface area contributed by atoms with E-state index in [0.29, 0.717) is 15.0 Å². The number of nitrogens with one attached hydrogen (secondary N) is 1. The fourth-order valence-electron chi connectivity index (χ4n) is 1.77. The Hall–Kier alpha value is -1.63. The molecule has 0 aliphatic rings. The van der Waals surface area contributed by atoms with Crippen molar-refractivity contribution in [3.05, 3.63) is 33.6 Å².